The number of pyridine rings is 1. The van der Waals surface area contributed by atoms with E-state index >= 15 is 0 Å². The highest BCUT2D eigenvalue weighted by Crippen LogP contribution is 2.35. The summed E-state index contributed by atoms with van der Waals surface area (Å²) in [5, 5.41) is 7.41. The molecule has 4 aromatic heterocycles. The zero-order valence-electron chi connectivity index (χ0n) is 15.2. The van der Waals surface area contributed by atoms with Gasteiger partial charge in [-0.3, -0.25) is 9.89 Å². The van der Waals surface area contributed by atoms with Gasteiger partial charge < -0.3 is 10.7 Å². The number of carbonyl (C=O) groups is 1. The molecule has 0 saturated heterocycles. The quantitative estimate of drug-likeness (QED) is 0.287. The number of aromatic nitrogens is 4. The standard InChI is InChI=1S/C21H13F2N5OS/c22-13-1-2-14(24)19(23)18(13)20(29)12-9-26-21-11(12)7-10(8-25-21)16-3-4-17(30-16)15-5-6-27-28-15/h1-9H,24H2,(H,25,26)(H,27,28). The molecule has 0 unspecified atom stereocenters. The molecule has 0 aliphatic rings. The van der Waals surface area contributed by atoms with Crippen LogP contribution in [0.3, 0.4) is 0 Å². The number of benzene rings is 1. The van der Waals surface area contributed by atoms with Crippen molar-refractivity contribution in [3.8, 4) is 21.0 Å². The Morgan fingerprint density at radius 1 is 1.10 bits per heavy atom. The van der Waals surface area contributed by atoms with Crippen LogP contribution < -0.4 is 5.73 Å². The largest absolute Gasteiger partial charge is 0.396 e. The Morgan fingerprint density at radius 3 is 2.73 bits per heavy atom. The molecule has 0 fully saturated rings. The zero-order valence-corrected chi connectivity index (χ0v) is 16.1. The van der Waals surface area contributed by atoms with Gasteiger partial charge in [-0.1, -0.05) is 0 Å². The summed E-state index contributed by atoms with van der Waals surface area (Å²) >= 11 is 1.52. The van der Waals surface area contributed by atoms with E-state index in [0.717, 1.165) is 33.1 Å². The van der Waals surface area contributed by atoms with Crippen LogP contribution in [0.1, 0.15) is 15.9 Å². The molecule has 4 N–H and O–H groups in total. The number of nitrogens with zero attached hydrogens (tertiary/aromatic N) is 2. The van der Waals surface area contributed by atoms with Crippen LogP contribution in [0.25, 0.3) is 32.0 Å². The molecule has 9 heteroatoms. The van der Waals surface area contributed by atoms with Crippen LogP contribution in [-0.2, 0) is 0 Å². The summed E-state index contributed by atoms with van der Waals surface area (Å²) in [6.07, 6.45) is 4.82. The van der Waals surface area contributed by atoms with Crippen LogP contribution in [0.2, 0.25) is 0 Å². The number of nitrogen functional groups attached to an aromatic ring is 1. The number of nitrogens with two attached hydrogens (primary N) is 1. The van der Waals surface area contributed by atoms with Crippen molar-refractivity contribution in [2.75, 3.05) is 5.73 Å². The number of hydrogen-bond acceptors (Lipinski definition) is 5. The van der Waals surface area contributed by atoms with Crippen molar-refractivity contribution in [2.24, 2.45) is 0 Å². The van der Waals surface area contributed by atoms with Crippen LogP contribution in [0.5, 0.6) is 0 Å². The van der Waals surface area contributed by atoms with Crippen molar-refractivity contribution < 1.29 is 13.6 Å². The Bertz CT molecular complexity index is 1400. The Kier molecular flexibility index (Phi) is 4.18. The molecule has 148 valence electrons. The van der Waals surface area contributed by atoms with Gasteiger partial charge in [0.25, 0.3) is 0 Å². The lowest BCUT2D eigenvalue weighted by molar-refractivity contribution is 0.103. The van der Waals surface area contributed by atoms with Crippen molar-refractivity contribution in [3.05, 3.63) is 77.8 Å². The Balaban J connectivity index is 1.59. The van der Waals surface area contributed by atoms with E-state index in [-0.39, 0.29) is 11.3 Å². The SMILES string of the molecule is Nc1ccc(F)c(C(=O)c2c[nH]c3ncc(-c4ccc(-c5cc[nH]n5)s4)cc23)c1F. The van der Waals surface area contributed by atoms with E-state index in [4.69, 9.17) is 5.73 Å². The summed E-state index contributed by atoms with van der Waals surface area (Å²) in [4.78, 5) is 22.1. The van der Waals surface area contributed by atoms with Crippen molar-refractivity contribution >= 4 is 33.8 Å². The number of thiophene rings is 1. The summed E-state index contributed by atoms with van der Waals surface area (Å²) in [7, 11) is 0. The maximum Gasteiger partial charge on any atom is 0.201 e. The summed E-state index contributed by atoms with van der Waals surface area (Å²) in [5.74, 6) is -2.83. The molecular weight excluding hydrogens is 408 g/mol. The molecule has 5 aromatic rings. The smallest absolute Gasteiger partial charge is 0.201 e. The van der Waals surface area contributed by atoms with Gasteiger partial charge in [0.1, 0.15) is 17.2 Å². The molecule has 0 aliphatic carbocycles. The number of H-pyrrole nitrogens is 2. The van der Waals surface area contributed by atoms with Gasteiger partial charge in [-0.05, 0) is 36.4 Å². The maximum absolute atomic E-state index is 14.4. The van der Waals surface area contributed by atoms with Crippen LogP contribution in [-0.4, -0.2) is 25.9 Å². The van der Waals surface area contributed by atoms with Crippen LogP contribution in [0.15, 0.2) is 55.0 Å². The highest BCUT2D eigenvalue weighted by molar-refractivity contribution is 7.18. The molecule has 0 bridgehead atoms. The van der Waals surface area contributed by atoms with Crippen LogP contribution in [0.4, 0.5) is 14.5 Å². The number of rotatable bonds is 4. The lowest BCUT2D eigenvalue weighted by Crippen LogP contribution is -2.09. The van der Waals surface area contributed by atoms with Crippen molar-refractivity contribution in [1.29, 1.82) is 0 Å². The minimum Gasteiger partial charge on any atom is -0.396 e. The molecule has 0 aliphatic heterocycles. The highest BCUT2D eigenvalue weighted by Gasteiger charge is 2.24. The second-order valence-corrected chi connectivity index (χ2v) is 7.68. The van der Waals surface area contributed by atoms with Gasteiger partial charge in [-0.2, -0.15) is 5.10 Å². The first-order valence-corrected chi connectivity index (χ1v) is 9.70. The van der Waals surface area contributed by atoms with Crippen molar-refractivity contribution in [2.45, 2.75) is 0 Å². The molecule has 5 rings (SSSR count). The molecular formula is C21H13F2N5OS. The third-order valence-electron chi connectivity index (χ3n) is 4.77. The van der Waals surface area contributed by atoms with Gasteiger partial charge in [0.2, 0.25) is 5.78 Å². The molecule has 0 atom stereocenters. The van der Waals surface area contributed by atoms with Gasteiger partial charge in [0.05, 0.1) is 16.1 Å². The summed E-state index contributed by atoms with van der Waals surface area (Å²) in [5.41, 5.74) is 6.70. The fourth-order valence-electron chi connectivity index (χ4n) is 3.27. The second kappa shape index (κ2) is 6.89. The van der Waals surface area contributed by atoms with Crippen LogP contribution in [0, 0.1) is 11.6 Å². The van der Waals surface area contributed by atoms with E-state index in [2.05, 4.69) is 20.2 Å². The minimum atomic E-state index is -1.07. The van der Waals surface area contributed by atoms with E-state index in [0.29, 0.717) is 11.0 Å². The Labute approximate surface area is 172 Å². The first-order chi connectivity index (χ1) is 14.5. The number of ketones is 1. The summed E-state index contributed by atoms with van der Waals surface area (Å²) < 4.78 is 28.6. The average molecular weight is 421 g/mol. The third-order valence-corrected chi connectivity index (χ3v) is 5.92. The Hall–Kier alpha value is -3.85. The number of halogens is 2. The minimum absolute atomic E-state index is 0.117. The van der Waals surface area contributed by atoms with E-state index in [1.165, 1.54) is 17.5 Å². The van der Waals surface area contributed by atoms with Crippen molar-refractivity contribution in [3.63, 3.8) is 0 Å². The van der Waals surface area contributed by atoms with Crippen molar-refractivity contribution in [1.82, 2.24) is 20.2 Å². The number of aromatic amines is 2. The summed E-state index contributed by atoms with van der Waals surface area (Å²) in [6, 6.07) is 9.59. The molecule has 0 amide bonds. The van der Waals surface area contributed by atoms with Crippen LogP contribution >= 0.6 is 11.3 Å². The number of fused-ring (bicyclic) bond motifs is 1. The van der Waals surface area contributed by atoms with Gasteiger partial charge >= 0.3 is 0 Å². The van der Waals surface area contributed by atoms with E-state index in [1.807, 2.05) is 18.2 Å². The number of carbonyl (C=O) groups excluding carboxylic acids is 1. The lowest BCUT2D eigenvalue weighted by atomic mass is 10.0. The van der Waals surface area contributed by atoms with E-state index in [1.54, 1.807) is 18.5 Å². The normalized spacial score (nSPS) is 11.3. The fourth-order valence-corrected chi connectivity index (χ4v) is 4.22. The topological polar surface area (TPSA) is 100 Å². The molecule has 30 heavy (non-hydrogen) atoms. The summed E-state index contributed by atoms with van der Waals surface area (Å²) in [6.45, 7) is 0. The van der Waals surface area contributed by atoms with E-state index < -0.39 is 23.0 Å². The predicted molar refractivity (Wildman–Crippen MR) is 111 cm³/mol. The van der Waals surface area contributed by atoms with Gasteiger partial charge in [0.15, 0.2) is 5.82 Å². The second-order valence-electron chi connectivity index (χ2n) is 6.60. The average Bonchev–Trinajstić information content (AvgIpc) is 3.50. The molecule has 0 spiro atoms. The molecule has 1 aromatic carbocycles. The monoisotopic (exact) mass is 421 g/mol. The maximum atomic E-state index is 14.4. The number of anilines is 1. The Morgan fingerprint density at radius 2 is 1.93 bits per heavy atom. The molecule has 6 nitrogen and oxygen atoms in total. The lowest BCUT2D eigenvalue weighted by Gasteiger charge is -2.06. The first kappa shape index (κ1) is 18.2. The fraction of sp³-hybridized carbons (Fsp3) is 0. The highest BCUT2D eigenvalue weighted by atomic mass is 32.1. The number of nitrogens with one attached hydrogen (secondary N) is 2. The van der Waals surface area contributed by atoms with Gasteiger partial charge in [0, 0.05) is 40.0 Å². The van der Waals surface area contributed by atoms with Gasteiger partial charge in [-0.25, -0.2) is 13.8 Å². The van der Waals surface area contributed by atoms with E-state index in [9.17, 15) is 13.6 Å². The zero-order chi connectivity index (χ0) is 20.8. The number of hydrogen-bond donors (Lipinski definition) is 3. The predicted octanol–water partition coefficient (Wildman–Crippen LogP) is 4.77. The molecule has 0 radical (unpaired) electrons. The molecule has 0 saturated carbocycles. The van der Waals surface area contributed by atoms with Gasteiger partial charge in [-0.15, -0.1) is 11.3 Å². The first-order valence-electron chi connectivity index (χ1n) is 8.88. The molecule has 4 heterocycles. The third kappa shape index (κ3) is 2.87.